The average Bonchev–Trinajstić information content (AvgIpc) is 2.26. The maximum atomic E-state index is 11.5. The van der Waals surface area contributed by atoms with Crippen LogP contribution in [0.25, 0.3) is 0 Å². The molecule has 4 aliphatic carbocycles. The topological polar surface area (TPSA) is 55.8 Å². The first-order chi connectivity index (χ1) is 8.59. The van der Waals surface area contributed by atoms with Gasteiger partial charge in [0.1, 0.15) is 12.4 Å². The summed E-state index contributed by atoms with van der Waals surface area (Å²) in [4.78, 5) is 11.5. The predicted octanol–water partition coefficient (Wildman–Crippen LogP) is 1.77. The van der Waals surface area contributed by atoms with Gasteiger partial charge >= 0.3 is 5.97 Å². The van der Waals surface area contributed by atoms with Crippen LogP contribution in [-0.4, -0.2) is 29.1 Å². The zero-order valence-electron chi connectivity index (χ0n) is 10.6. The second kappa shape index (κ2) is 4.07. The lowest BCUT2D eigenvalue weighted by Crippen LogP contribution is -2.61. The van der Waals surface area contributed by atoms with Gasteiger partial charge in [-0.1, -0.05) is 6.58 Å². The van der Waals surface area contributed by atoms with Crippen molar-refractivity contribution in [1.82, 2.24) is 0 Å². The Morgan fingerprint density at radius 2 is 1.89 bits per heavy atom. The standard InChI is InChI=1S/C14H20O4/c1-2-12(16)18-14-6-10-3-11(7-14)5-13(4-10,8-14)17-9-15/h2,10-11,15H,1,3-9H2. The van der Waals surface area contributed by atoms with Gasteiger partial charge in [0.05, 0.1) is 5.60 Å². The first-order valence-electron chi connectivity index (χ1n) is 6.69. The van der Waals surface area contributed by atoms with Crippen LogP contribution in [0.5, 0.6) is 0 Å². The lowest BCUT2D eigenvalue weighted by atomic mass is 9.52. The molecule has 4 bridgehead atoms. The highest BCUT2D eigenvalue weighted by molar-refractivity contribution is 5.81. The van der Waals surface area contributed by atoms with Crippen molar-refractivity contribution in [1.29, 1.82) is 0 Å². The van der Waals surface area contributed by atoms with Gasteiger partial charge in [0.25, 0.3) is 0 Å². The van der Waals surface area contributed by atoms with E-state index in [1.54, 1.807) is 0 Å². The minimum atomic E-state index is -0.371. The highest BCUT2D eigenvalue weighted by Crippen LogP contribution is 2.60. The van der Waals surface area contributed by atoms with Crippen molar-refractivity contribution in [2.75, 3.05) is 6.79 Å². The Balaban J connectivity index is 1.84. The van der Waals surface area contributed by atoms with Crippen LogP contribution in [0.1, 0.15) is 38.5 Å². The molecule has 0 aromatic carbocycles. The highest BCUT2D eigenvalue weighted by Gasteiger charge is 2.60. The van der Waals surface area contributed by atoms with E-state index in [0.717, 1.165) is 32.1 Å². The molecule has 18 heavy (non-hydrogen) atoms. The molecule has 4 heteroatoms. The summed E-state index contributed by atoms with van der Waals surface area (Å²) in [5, 5.41) is 9.09. The third-order valence-corrected chi connectivity index (χ3v) is 4.81. The van der Waals surface area contributed by atoms with Gasteiger partial charge in [-0.15, -0.1) is 0 Å². The largest absolute Gasteiger partial charge is 0.456 e. The summed E-state index contributed by atoms with van der Waals surface area (Å²) in [6, 6.07) is 0. The van der Waals surface area contributed by atoms with Crippen LogP contribution in [0.2, 0.25) is 0 Å². The summed E-state index contributed by atoms with van der Waals surface area (Å²) in [6.45, 7) is 3.22. The molecule has 2 unspecified atom stereocenters. The monoisotopic (exact) mass is 252 g/mol. The van der Waals surface area contributed by atoms with Crippen LogP contribution >= 0.6 is 0 Å². The zero-order chi connectivity index (χ0) is 12.8. The molecule has 4 nitrogen and oxygen atoms in total. The molecule has 0 aromatic heterocycles. The molecule has 0 saturated heterocycles. The Bertz CT molecular complexity index is 362. The summed E-state index contributed by atoms with van der Waals surface area (Å²) in [5.74, 6) is 0.793. The van der Waals surface area contributed by atoms with Crippen LogP contribution in [-0.2, 0) is 14.3 Å². The Morgan fingerprint density at radius 3 is 2.44 bits per heavy atom. The number of hydrogen-bond donors (Lipinski definition) is 1. The van der Waals surface area contributed by atoms with Crippen LogP contribution in [0, 0.1) is 11.8 Å². The molecule has 0 radical (unpaired) electrons. The Hall–Kier alpha value is -0.870. The molecule has 0 aromatic rings. The van der Waals surface area contributed by atoms with Gasteiger partial charge in [-0.25, -0.2) is 4.79 Å². The molecule has 0 spiro atoms. The summed E-state index contributed by atoms with van der Waals surface area (Å²) >= 11 is 0. The summed E-state index contributed by atoms with van der Waals surface area (Å²) in [7, 11) is 0. The molecule has 0 aliphatic heterocycles. The lowest BCUT2D eigenvalue weighted by molar-refractivity contribution is -0.246. The van der Waals surface area contributed by atoms with Gasteiger partial charge in [0.2, 0.25) is 0 Å². The van der Waals surface area contributed by atoms with E-state index < -0.39 is 0 Å². The number of aliphatic hydroxyl groups is 1. The van der Waals surface area contributed by atoms with Crippen LogP contribution in [0.15, 0.2) is 12.7 Å². The second-order valence-electron chi connectivity index (χ2n) is 6.23. The minimum absolute atomic E-state index is 0.245. The van der Waals surface area contributed by atoms with E-state index in [4.69, 9.17) is 14.6 Å². The van der Waals surface area contributed by atoms with Gasteiger partial charge in [-0.05, 0) is 43.9 Å². The number of aliphatic hydroxyl groups excluding tert-OH is 1. The van der Waals surface area contributed by atoms with Crippen molar-refractivity contribution in [3.63, 3.8) is 0 Å². The van der Waals surface area contributed by atoms with Gasteiger partial charge in [0, 0.05) is 12.5 Å². The second-order valence-corrected chi connectivity index (χ2v) is 6.23. The van der Waals surface area contributed by atoms with Crippen molar-refractivity contribution in [2.45, 2.75) is 49.7 Å². The molecule has 4 rings (SSSR count). The maximum absolute atomic E-state index is 11.5. The molecule has 0 amide bonds. The van der Waals surface area contributed by atoms with Crippen molar-refractivity contribution >= 4 is 5.97 Å². The summed E-state index contributed by atoms with van der Waals surface area (Å²) in [5.41, 5.74) is -0.634. The SMILES string of the molecule is C=CC(=O)OC12CC3CC(CC(OCO)(C3)C1)C2. The fraction of sp³-hybridized carbons (Fsp3) is 0.786. The predicted molar refractivity (Wildman–Crippen MR) is 64.6 cm³/mol. The van der Waals surface area contributed by atoms with E-state index in [1.807, 2.05) is 0 Å². The smallest absolute Gasteiger partial charge is 0.330 e. The number of carbonyl (C=O) groups excluding carboxylic acids is 1. The lowest BCUT2D eigenvalue weighted by Gasteiger charge is -2.60. The third kappa shape index (κ3) is 1.88. The normalized spacial score (nSPS) is 44.9. The van der Waals surface area contributed by atoms with E-state index in [0.29, 0.717) is 11.8 Å². The number of hydrogen-bond acceptors (Lipinski definition) is 4. The number of ether oxygens (including phenoxy) is 2. The van der Waals surface area contributed by atoms with Crippen LogP contribution < -0.4 is 0 Å². The van der Waals surface area contributed by atoms with E-state index in [2.05, 4.69) is 6.58 Å². The zero-order valence-corrected chi connectivity index (χ0v) is 10.6. The van der Waals surface area contributed by atoms with Crippen LogP contribution in [0.3, 0.4) is 0 Å². The molecule has 2 atom stereocenters. The molecule has 4 saturated carbocycles. The van der Waals surface area contributed by atoms with Crippen molar-refractivity contribution in [2.24, 2.45) is 11.8 Å². The minimum Gasteiger partial charge on any atom is -0.456 e. The summed E-state index contributed by atoms with van der Waals surface area (Å²) in [6.07, 6.45) is 7.06. The number of esters is 1. The van der Waals surface area contributed by atoms with Crippen molar-refractivity contribution in [3.05, 3.63) is 12.7 Å². The first-order valence-corrected chi connectivity index (χ1v) is 6.69. The number of rotatable bonds is 4. The molecule has 4 aliphatic rings. The fourth-order valence-electron chi connectivity index (χ4n) is 4.78. The number of carbonyl (C=O) groups is 1. The van der Waals surface area contributed by atoms with Crippen LogP contribution in [0.4, 0.5) is 0 Å². The molecular weight excluding hydrogens is 232 g/mol. The molecule has 0 heterocycles. The van der Waals surface area contributed by atoms with E-state index in [9.17, 15) is 4.79 Å². The first kappa shape index (κ1) is 12.2. The Kier molecular flexibility index (Phi) is 2.75. The van der Waals surface area contributed by atoms with E-state index in [-0.39, 0.29) is 24.0 Å². The molecular formula is C14H20O4. The molecule has 1 N–H and O–H groups in total. The summed E-state index contributed by atoms with van der Waals surface area (Å²) < 4.78 is 11.3. The van der Waals surface area contributed by atoms with Crippen molar-refractivity contribution in [3.8, 4) is 0 Å². The Morgan fingerprint density at radius 1 is 1.28 bits per heavy atom. The average molecular weight is 252 g/mol. The van der Waals surface area contributed by atoms with Crippen molar-refractivity contribution < 1.29 is 19.4 Å². The molecule has 4 fully saturated rings. The van der Waals surface area contributed by atoms with Gasteiger partial charge in [0.15, 0.2) is 0 Å². The molecule has 100 valence electrons. The van der Waals surface area contributed by atoms with Gasteiger partial charge < -0.3 is 14.6 Å². The third-order valence-electron chi connectivity index (χ3n) is 4.81. The van der Waals surface area contributed by atoms with E-state index >= 15 is 0 Å². The quantitative estimate of drug-likeness (QED) is 0.470. The Labute approximate surface area is 107 Å². The maximum Gasteiger partial charge on any atom is 0.330 e. The highest BCUT2D eigenvalue weighted by atomic mass is 16.6. The van der Waals surface area contributed by atoms with Gasteiger partial charge in [-0.3, -0.25) is 0 Å². The van der Waals surface area contributed by atoms with E-state index in [1.165, 1.54) is 12.5 Å². The fourth-order valence-corrected chi connectivity index (χ4v) is 4.78. The van der Waals surface area contributed by atoms with Gasteiger partial charge in [-0.2, -0.15) is 0 Å².